The lowest BCUT2D eigenvalue weighted by molar-refractivity contribution is 0.592. The Morgan fingerprint density at radius 2 is 1.69 bits per heavy atom. The minimum absolute atomic E-state index is 0.154. The van der Waals surface area contributed by atoms with E-state index in [0.29, 0.717) is 11.9 Å². The van der Waals surface area contributed by atoms with Crippen LogP contribution in [0.5, 0.6) is 0 Å². The Morgan fingerprint density at radius 3 is 2.31 bits per heavy atom. The monoisotopic (exact) mass is 369 g/mol. The maximum atomic E-state index is 13.1. The normalized spacial score (nSPS) is 11.8. The molecule has 0 N–H and O–H groups in total. The van der Waals surface area contributed by atoms with Crippen LogP contribution in [0, 0.1) is 6.92 Å². The van der Waals surface area contributed by atoms with Crippen molar-refractivity contribution in [3.8, 4) is 0 Å². The third-order valence-electron chi connectivity index (χ3n) is 4.60. The van der Waals surface area contributed by atoms with Crippen LogP contribution >= 0.6 is 0 Å². The summed E-state index contributed by atoms with van der Waals surface area (Å²) in [6.45, 7) is 6.58. The number of sulfone groups is 1. The average Bonchev–Trinajstić information content (AvgIpc) is 2.64. The van der Waals surface area contributed by atoms with Crippen molar-refractivity contribution in [1.82, 2.24) is 4.57 Å². The molecule has 4 nitrogen and oxygen atoms in total. The summed E-state index contributed by atoms with van der Waals surface area (Å²) in [5.41, 5.74) is 2.32. The van der Waals surface area contributed by atoms with Gasteiger partial charge in [-0.3, -0.25) is 4.79 Å². The fourth-order valence-corrected chi connectivity index (χ4v) is 4.50. The summed E-state index contributed by atoms with van der Waals surface area (Å²) in [4.78, 5) is 13.0. The van der Waals surface area contributed by atoms with Crippen molar-refractivity contribution >= 4 is 20.7 Å². The van der Waals surface area contributed by atoms with Crippen molar-refractivity contribution in [2.75, 3.05) is 0 Å². The summed E-state index contributed by atoms with van der Waals surface area (Å²) in [5, 5.41) is 0.449. The number of nitrogens with zero attached hydrogens (tertiary/aromatic N) is 1. The number of aromatic nitrogens is 1. The van der Waals surface area contributed by atoms with E-state index in [-0.39, 0.29) is 9.79 Å². The lowest BCUT2D eigenvalue weighted by atomic mass is 10.1. The highest BCUT2D eigenvalue weighted by Gasteiger charge is 2.23. The van der Waals surface area contributed by atoms with E-state index in [1.807, 2.05) is 37.5 Å². The molecule has 5 heteroatoms. The number of hydrogen-bond donors (Lipinski definition) is 0. The van der Waals surface area contributed by atoms with E-state index in [9.17, 15) is 13.2 Å². The molecule has 2 aromatic carbocycles. The van der Waals surface area contributed by atoms with Gasteiger partial charge in [0.25, 0.3) is 0 Å². The summed E-state index contributed by atoms with van der Waals surface area (Å²) in [7, 11) is -3.87. The van der Waals surface area contributed by atoms with Crippen molar-refractivity contribution in [3.05, 3.63) is 70.0 Å². The molecule has 26 heavy (non-hydrogen) atoms. The second kappa shape index (κ2) is 7.08. The first-order valence-electron chi connectivity index (χ1n) is 8.86. The zero-order valence-corrected chi connectivity index (χ0v) is 16.1. The zero-order valence-electron chi connectivity index (χ0n) is 15.3. The molecule has 0 aliphatic heterocycles. The van der Waals surface area contributed by atoms with Gasteiger partial charge < -0.3 is 4.57 Å². The van der Waals surface area contributed by atoms with Crippen LogP contribution in [0.3, 0.4) is 0 Å². The molecule has 1 aromatic heterocycles. The fraction of sp³-hybridized carbons (Fsp3) is 0.286. The Labute approximate surface area is 154 Å². The van der Waals surface area contributed by atoms with Gasteiger partial charge in [-0.1, -0.05) is 37.6 Å². The minimum Gasteiger partial charge on any atom is -0.346 e. The highest BCUT2D eigenvalue weighted by molar-refractivity contribution is 7.91. The topological polar surface area (TPSA) is 56.1 Å². The highest BCUT2D eigenvalue weighted by Crippen LogP contribution is 2.22. The van der Waals surface area contributed by atoms with E-state index < -0.39 is 15.3 Å². The van der Waals surface area contributed by atoms with E-state index in [0.717, 1.165) is 29.5 Å². The maximum absolute atomic E-state index is 13.1. The lowest BCUT2D eigenvalue weighted by Crippen LogP contribution is -2.19. The SMILES string of the molecule is CCCn1cc(S(=O)(=O)c2ccc(CC)cc2)c(=O)c2cc(C)ccc21. The number of pyridine rings is 1. The van der Waals surface area contributed by atoms with Crippen LogP contribution in [0.4, 0.5) is 0 Å². The molecule has 0 bridgehead atoms. The Morgan fingerprint density at radius 1 is 1.00 bits per heavy atom. The van der Waals surface area contributed by atoms with Crippen molar-refractivity contribution < 1.29 is 8.42 Å². The molecular formula is C21H23NO3S. The van der Waals surface area contributed by atoms with Gasteiger partial charge in [-0.25, -0.2) is 8.42 Å². The smallest absolute Gasteiger partial charge is 0.211 e. The van der Waals surface area contributed by atoms with Crippen LogP contribution in [-0.4, -0.2) is 13.0 Å². The molecule has 3 rings (SSSR count). The molecule has 0 saturated carbocycles. The van der Waals surface area contributed by atoms with Crippen molar-refractivity contribution in [3.63, 3.8) is 0 Å². The van der Waals surface area contributed by atoms with E-state index in [1.54, 1.807) is 30.3 Å². The molecule has 136 valence electrons. The lowest BCUT2D eigenvalue weighted by Gasteiger charge is -2.14. The van der Waals surface area contributed by atoms with Crippen molar-refractivity contribution in [1.29, 1.82) is 0 Å². The highest BCUT2D eigenvalue weighted by atomic mass is 32.2. The molecule has 0 radical (unpaired) electrons. The first-order chi connectivity index (χ1) is 12.4. The van der Waals surface area contributed by atoms with Gasteiger partial charge in [0, 0.05) is 18.1 Å². The van der Waals surface area contributed by atoms with Crippen LogP contribution in [-0.2, 0) is 22.8 Å². The molecule has 0 saturated heterocycles. The standard InChI is InChI=1S/C21H23NO3S/c1-4-12-22-14-20(21(23)18-13-15(3)6-11-19(18)22)26(24,25)17-9-7-16(5-2)8-10-17/h6-11,13-14H,4-5,12H2,1-3H3. The van der Waals surface area contributed by atoms with E-state index in [2.05, 4.69) is 0 Å². The number of benzene rings is 2. The summed E-state index contributed by atoms with van der Waals surface area (Å²) in [6.07, 6.45) is 3.17. The molecule has 0 atom stereocenters. The number of rotatable bonds is 5. The molecule has 0 amide bonds. The molecule has 0 aliphatic carbocycles. The van der Waals surface area contributed by atoms with Gasteiger partial charge in [0.05, 0.1) is 10.4 Å². The van der Waals surface area contributed by atoms with Crippen LogP contribution < -0.4 is 5.43 Å². The molecule has 0 fully saturated rings. The Hall–Kier alpha value is -2.40. The third-order valence-corrected chi connectivity index (χ3v) is 6.36. The fourth-order valence-electron chi connectivity index (χ4n) is 3.13. The van der Waals surface area contributed by atoms with E-state index >= 15 is 0 Å². The summed E-state index contributed by atoms with van der Waals surface area (Å²) in [5.74, 6) is 0. The van der Waals surface area contributed by atoms with Crippen molar-refractivity contribution in [2.45, 2.75) is 49.9 Å². The van der Waals surface area contributed by atoms with Gasteiger partial charge in [-0.05, 0) is 49.6 Å². The van der Waals surface area contributed by atoms with Gasteiger partial charge in [-0.15, -0.1) is 0 Å². The van der Waals surface area contributed by atoms with E-state index in [1.165, 1.54) is 6.20 Å². The molecule has 0 aliphatic rings. The summed E-state index contributed by atoms with van der Waals surface area (Å²) in [6, 6.07) is 12.3. The Balaban J connectivity index is 2.29. The molecule has 3 aromatic rings. The maximum Gasteiger partial charge on any atom is 0.211 e. The van der Waals surface area contributed by atoms with Gasteiger partial charge in [0.15, 0.2) is 0 Å². The Bertz CT molecular complexity index is 1110. The number of hydrogen-bond acceptors (Lipinski definition) is 3. The molecule has 0 spiro atoms. The third kappa shape index (κ3) is 3.19. The zero-order chi connectivity index (χ0) is 18.9. The molecular weight excluding hydrogens is 346 g/mol. The van der Waals surface area contributed by atoms with Crippen LogP contribution in [0.15, 0.2) is 63.2 Å². The van der Waals surface area contributed by atoms with E-state index in [4.69, 9.17) is 0 Å². The summed E-state index contributed by atoms with van der Waals surface area (Å²) < 4.78 is 28.1. The first-order valence-corrected chi connectivity index (χ1v) is 10.3. The van der Waals surface area contributed by atoms with Gasteiger partial charge in [-0.2, -0.15) is 0 Å². The first kappa shape index (κ1) is 18.4. The summed E-state index contributed by atoms with van der Waals surface area (Å²) >= 11 is 0. The number of fused-ring (bicyclic) bond motifs is 1. The van der Waals surface area contributed by atoms with Crippen LogP contribution in [0.2, 0.25) is 0 Å². The predicted octanol–water partition coefficient (Wildman–Crippen LogP) is 4.12. The Kier molecular flexibility index (Phi) is 5.01. The second-order valence-electron chi connectivity index (χ2n) is 6.54. The van der Waals surface area contributed by atoms with Gasteiger partial charge >= 0.3 is 0 Å². The predicted molar refractivity (Wildman–Crippen MR) is 105 cm³/mol. The molecule has 0 unspecified atom stereocenters. The van der Waals surface area contributed by atoms with Crippen LogP contribution in [0.1, 0.15) is 31.4 Å². The number of aryl methyl sites for hydroxylation is 3. The van der Waals surface area contributed by atoms with Crippen molar-refractivity contribution in [2.24, 2.45) is 0 Å². The average molecular weight is 369 g/mol. The largest absolute Gasteiger partial charge is 0.346 e. The quantitative estimate of drug-likeness (QED) is 0.680. The molecule has 1 heterocycles. The van der Waals surface area contributed by atoms with Gasteiger partial charge in [0.1, 0.15) is 4.90 Å². The van der Waals surface area contributed by atoms with Crippen LogP contribution in [0.25, 0.3) is 10.9 Å². The minimum atomic E-state index is -3.87. The van der Waals surface area contributed by atoms with Gasteiger partial charge in [0.2, 0.25) is 15.3 Å². The second-order valence-corrected chi connectivity index (χ2v) is 8.46.